The highest BCUT2D eigenvalue weighted by Crippen LogP contribution is 2.43. The van der Waals surface area contributed by atoms with E-state index in [-0.39, 0.29) is 5.91 Å². The van der Waals surface area contributed by atoms with Crippen LogP contribution in [-0.2, 0) is 4.79 Å². The lowest BCUT2D eigenvalue weighted by Crippen LogP contribution is -2.48. The number of anilines is 1. The number of rotatable bonds is 6. The lowest BCUT2D eigenvalue weighted by atomic mass is 9.99. The van der Waals surface area contributed by atoms with Crippen molar-refractivity contribution in [2.24, 2.45) is 0 Å². The second kappa shape index (κ2) is 10.7. The molecule has 0 saturated carbocycles. The summed E-state index contributed by atoms with van der Waals surface area (Å²) in [4.78, 5) is 28.2. The van der Waals surface area contributed by atoms with Crippen molar-refractivity contribution in [3.8, 4) is 17.1 Å². The first-order valence-electron chi connectivity index (χ1n) is 13.1. The third-order valence-electron chi connectivity index (χ3n) is 7.73. The number of amides is 1. The highest BCUT2D eigenvalue weighted by Gasteiger charge is 2.27. The fourth-order valence-electron chi connectivity index (χ4n) is 5.58. The molecule has 1 amide bonds. The van der Waals surface area contributed by atoms with Crippen LogP contribution in [-0.4, -0.2) is 78.1 Å². The molecular formula is C29H29Cl2N5O3. The van der Waals surface area contributed by atoms with Crippen LogP contribution < -0.4 is 9.64 Å². The monoisotopic (exact) mass is 565 g/mol. The molecule has 4 heterocycles. The zero-order valence-electron chi connectivity index (χ0n) is 21.7. The highest BCUT2D eigenvalue weighted by molar-refractivity contribution is 6.40. The SMILES string of the molecule is C=CC(=O)N1CCN(c2nc(OCC3CCCN3C)nc3cc(-c4c(Cl)cccc4Cl)c4ccoc4c23)CC1. The minimum Gasteiger partial charge on any atom is -0.463 e. The summed E-state index contributed by atoms with van der Waals surface area (Å²) in [5, 5.41) is 2.74. The summed E-state index contributed by atoms with van der Waals surface area (Å²) in [7, 11) is 2.12. The number of furan rings is 1. The number of aromatic nitrogens is 2. The summed E-state index contributed by atoms with van der Waals surface area (Å²) in [6.45, 7) is 7.53. The van der Waals surface area contributed by atoms with Crippen LogP contribution in [0.4, 0.5) is 5.82 Å². The van der Waals surface area contributed by atoms with Gasteiger partial charge in [-0.25, -0.2) is 0 Å². The van der Waals surface area contributed by atoms with E-state index in [1.165, 1.54) is 6.08 Å². The maximum Gasteiger partial charge on any atom is 0.319 e. The Morgan fingerprint density at radius 2 is 1.92 bits per heavy atom. The van der Waals surface area contributed by atoms with Crippen molar-refractivity contribution in [1.29, 1.82) is 0 Å². The van der Waals surface area contributed by atoms with Crippen LogP contribution in [0, 0.1) is 0 Å². The molecule has 10 heteroatoms. The van der Waals surface area contributed by atoms with E-state index in [0.29, 0.717) is 66.0 Å². The number of piperazine rings is 1. The Kier molecular flexibility index (Phi) is 7.10. The van der Waals surface area contributed by atoms with Gasteiger partial charge in [0.1, 0.15) is 18.0 Å². The van der Waals surface area contributed by atoms with Crippen LogP contribution >= 0.6 is 23.2 Å². The Labute approximate surface area is 236 Å². The number of likely N-dealkylation sites (N-methyl/N-ethyl adjacent to an activating group) is 1. The van der Waals surface area contributed by atoms with Crippen molar-refractivity contribution in [3.05, 3.63) is 59.3 Å². The zero-order valence-corrected chi connectivity index (χ0v) is 23.2. The molecule has 2 aliphatic rings. The molecule has 0 aliphatic carbocycles. The molecule has 0 bridgehead atoms. The number of carbonyl (C=O) groups excluding carboxylic acids is 1. The molecule has 2 aromatic carbocycles. The highest BCUT2D eigenvalue weighted by atomic mass is 35.5. The lowest BCUT2D eigenvalue weighted by Gasteiger charge is -2.35. The maximum absolute atomic E-state index is 12.2. The molecule has 39 heavy (non-hydrogen) atoms. The lowest BCUT2D eigenvalue weighted by molar-refractivity contribution is -0.126. The molecule has 1 atom stereocenters. The van der Waals surface area contributed by atoms with Gasteiger partial charge in [-0.1, -0.05) is 35.8 Å². The average molecular weight is 566 g/mol. The summed E-state index contributed by atoms with van der Waals surface area (Å²) >= 11 is 13.3. The number of fused-ring (bicyclic) bond motifs is 3. The van der Waals surface area contributed by atoms with E-state index in [0.717, 1.165) is 47.1 Å². The van der Waals surface area contributed by atoms with Crippen molar-refractivity contribution in [2.75, 3.05) is 51.3 Å². The smallest absolute Gasteiger partial charge is 0.319 e. The van der Waals surface area contributed by atoms with E-state index in [9.17, 15) is 4.79 Å². The molecule has 0 N–H and O–H groups in total. The summed E-state index contributed by atoms with van der Waals surface area (Å²) in [6.07, 6.45) is 5.25. The number of nitrogens with zero attached hydrogens (tertiary/aromatic N) is 5. The zero-order chi connectivity index (χ0) is 27.1. The predicted molar refractivity (Wildman–Crippen MR) is 155 cm³/mol. The van der Waals surface area contributed by atoms with E-state index >= 15 is 0 Å². The molecule has 2 aromatic heterocycles. The maximum atomic E-state index is 12.2. The Morgan fingerprint density at radius 1 is 1.15 bits per heavy atom. The van der Waals surface area contributed by atoms with Gasteiger partial charge in [0.15, 0.2) is 0 Å². The number of likely N-dealkylation sites (tertiary alicyclic amines) is 1. The Morgan fingerprint density at radius 3 is 2.62 bits per heavy atom. The number of hydrogen-bond donors (Lipinski definition) is 0. The van der Waals surface area contributed by atoms with E-state index in [1.807, 2.05) is 30.3 Å². The van der Waals surface area contributed by atoms with E-state index in [2.05, 4.69) is 23.4 Å². The van der Waals surface area contributed by atoms with Gasteiger partial charge in [0, 0.05) is 53.2 Å². The molecule has 2 aliphatic heterocycles. The Hall–Kier alpha value is -3.33. The second-order valence-corrected chi connectivity index (χ2v) is 10.8. The van der Waals surface area contributed by atoms with Gasteiger partial charge in [-0.15, -0.1) is 0 Å². The van der Waals surface area contributed by atoms with Crippen LogP contribution in [0.1, 0.15) is 12.8 Å². The molecule has 6 rings (SSSR count). The third-order valence-corrected chi connectivity index (χ3v) is 8.36. The molecule has 4 aromatic rings. The molecule has 2 saturated heterocycles. The van der Waals surface area contributed by atoms with Crippen molar-refractivity contribution in [1.82, 2.24) is 19.8 Å². The number of ether oxygens (including phenoxy) is 1. The van der Waals surface area contributed by atoms with Gasteiger partial charge in [-0.2, -0.15) is 9.97 Å². The summed E-state index contributed by atoms with van der Waals surface area (Å²) in [6, 6.07) is 9.99. The largest absolute Gasteiger partial charge is 0.463 e. The minimum absolute atomic E-state index is 0.0680. The van der Waals surface area contributed by atoms with E-state index in [1.54, 1.807) is 11.2 Å². The topological polar surface area (TPSA) is 74.9 Å². The first-order valence-corrected chi connectivity index (χ1v) is 13.9. The quantitative estimate of drug-likeness (QED) is 0.279. The van der Waals surface area contributed by atoms with Crippen LogP contribution in [0.15, 0.2) is 53.7 Å². The fourth-order valence-corrected chi connectivity index (χ4v) is 6.18. The van der Waals surface area contributed by atoms with Crippen molar-refractivity contribution in [2.45, 2.75) is 18.9 Å². The van der Waals surface area contributed by atoms with Gasteiger partial charge < -0.3 is 23.9 Å². The van der Waals surface area contributed by atoms with Crippen molar-refractivity contribution >= 4 is 56.8 Å². The standard InChI is InChI=1S/C29H29Cl2N5O3/c1-3-24(37)35-11-13-36(14-12-35)28-26-23(32-29(33-28)39-17-18-6-5-10-34(18)2)16-20(19-9-15-38-27(19)26)25-21(30)7-4-8-22(25)31/h3-4,7-9,15-16,18H,1,5-6,10-14,17H2,2H3. The first-order chi connectivity index (χ1) is 18.9. The summed E-state index contributed by atoms with van der Waals surface area (Å²) in [5.74, 6) is 0.652. The minimum atomic E-state index is -0.0680. The number of carbonyl (C=O) groups is 1. The number of benzene rings is 2. The summed E-state index contributed by atoms with van der Waals surface area (Å²) in [5.41, 5.74) is 2.88. The Balaban J connectivity index is 1.48. The van der Waals surface area contributed by atoms with Gasteiger partial charge in [-0.3, -0.25) is 4.79 Å². The summed E-state index contributed by atoms with van der Waals surface area (Å²) < 4.78 is 12.3. The molecule has 1 unspecified atom stereocenters. The number of hydrogen-bond acceptors (Lipinski definition) is 7. The van der Waals surface area contributed by atoms with Gasteiger partial charge in [0.05, 0.1) is 17.2 Å². The molecule has 0 spiro atoms. The van der Waals surface area contributed by atoms with Gasteiger partial charge in [0.25, 0.3) is 0 Å². The molecule has 8 nitrogen and oxygen atoms in total. The molecule has 0 radical (unpaired) electrons. The van der Waals surface area contributed by atoms with Crippen LogP contribution in [0.25, 0.3) is 33.0 Å². The van der Waals surface area contributed by atoms with Gasteiger partial charge >= 0.3 is 6.01 Å². The first kappa shape index (κ1) is 25.9. The van der Waals surface area contributed by atoms with Crippen LogP contribution in [0.2, 0.25) is 10.0 Å². The third kappa shape index (κ3) is 4.81. The van der Waals surface area contributed by atoms with E-state index < -0.39 is 0 Å². The van der Waals surface area contributed by atoms with Crippen LogP contribution in [0.5, 0.6) is 6.01 Å². The molecule has 202 valence electrons. The Bertz CT molecular complexity index is 1540. The van der Waals surface area contributed by atoms with Gasteiger partial charge in [-0.05, 0) is 62.3 Å². The van der Waals surface area contributed by atoms with Crippen LogP contribution in [0.3, 0.4) is 0 Å². The fraction of sp³-hybridized carbons (Fsp3) is 0.345. The second-order valence-electron chi connectivity index (χ2n) is 10.0. The van der Waals surface area contributed by atoms with Crippen molar-refractivity contribution < 1.29 is 13.9 Å². The van der Waals surface area contributed by atoms with Crippen molar-refractivity contribution in [3.63, 3.8) is 0 Å². The average Bonchev–Trinajstić information content (AvgIpc) is 3.60. The predicted octanol–water partition coefficient (Wildman–Crippen LogP) is 5.66. The molecule has 2 fully saturated rings. The number of halogens is 2. The molecular weight excluding hydrogens is 537 g/mol. The van der Waals surface area contributed by atoms with Gasteiger partial charge in [0.2, 0.25) is 5.91 Å². The normalized spacial score (nSPS) is 18.3. The van der Waals surface area contributed by atoms with E-state index in [4.69, 9.17) is 42.3 Å².